The highest BCUT2D eigenvalue weighted by Crippen LogP contribution is 2.17. The van der Waals surface area contributed by atoms with Crippen LogP contribution >= 0.6 is 0 Å². The van der Waals surface area contributed by atoms with Gasteiger partial charge in [0.2, 0.25) is 0 Å². The summed E-state index contributed by atoms with van der Waals surface area (Å²) in [6.07, 6.45) is 3.61. The zero-order valence-electron chi connectivity index (χ0n) is 12.2. The highest BCUT2D eigenvalue weighted by Gasteiger charge is 2.25. The summed E-state index contributed by atoms with van der Waals surface area (Å²) in [5.74, 6) is 0.0593. The van der Waals surface area contributed by atoms with Crippen molar-refractivity contribution in [1.82, 2.24) is 15.1 Å². The van der Waals surface area contributed by atoms with Crippen molar-refractivity contribution in [1.29, 1.82) is 0 Å². The number of carbonyl (C=O) groups excluding carboxylic acids is 1. The Hall–Kier alpha value is -1.40. The fraction of sp³-hybridized carbons (Fsp3) is 0.714. The van der Waals surface area contributed by atoms with Crippen molar-refractivity contribution in [3.05, 3.63) is 17.5 Å². The standard InChI is InChI=1S/C14H23N3O3/c1-3-19-8-9-20-12-4-6-17(7-5-12)14(18)13-10-15-16-11(13)2/h10,12H,3-9H2,1-2H3,(H,15,16). The molecule has 1 aliphatic rings. The molecule has 2 heterocycles. The third-order valence-electron chi connectivity index (χ3n) is 3.57. The van der Waals surface area contributed by atoms with E-state index in [4.69, 9.17) is 9.47 Å². The number of nitrogens with one attached hydrogen (secondary N) is 1. The van der Waals surface area contributed by atoms with E-state index in [2.05, 4.69) is 10.2 Å². The number of ether oxygens (including phenoxy) is 2. The van der Waals surface area contributed by atoms with Crippen LogP contribution in [0.1, 0.15) is 35.8 Å². The summed E-state index contributed by atoms with van der Waals surface area (Å²) in [5.41, 5.74) is 1.49. The molecule has 6 heteroatoms. The zero-order chi connectivity index (χ0) is 14.4. The smallest absolute Gasteiger partial charge is 0.257 e. The molecule has 1 saturated heterocycles. The molecule has 20 heavy (non-hydrogen) atoms. The number of rotatable bonds is 6. The van der Waals surface area contributed by atoms with E-state index >= 15 is 0 Å². The number of nitrogens with zero attached hydrogens (tertiary/aromatic N) is 2. The van der Waals surface area contributed by atoms with Gasteiger partial charge < -0.3 is 14.4 Å². The quantitative estimate of drug-likeness (QED) is 0.800. The fourth-order valence-electron chi connectivity index (χ4n) is 2.38. The molecule has 0 spiro atoms. The number of aryl methyl sites for hydroxylation is 1. The number of carbonyl (C=O) groups is 1. The summed E-state index contributed by atoms with van der Waals surface area (Å²) in [6, 6.07) is 0. The Balaban J connectivity index is 1.74. The van der Waals surface area contributed by atoms with Crippen LogP contribution in [0.2, 0.25) is 0 Å². The molecule has 0 aromatic carbocycles. The topological polar surface area (TPSA) is 67.5 Å². The Labute approximate surface area is 119 Å². The van der Waals surface area contributed by atoms with Crippen molar-refractivity contribution < 1.29 is 14.3 Å². The summed E-state index contributed by atoms with van der Waals surface area (Å²) >= 11 is 0. The molecule has 0 unspecified atom stereocenters. The van der Waals surface area contributed by atoms with Gasteiger partial charge in [0.15, 0.2) is 0 Å². The number of piperidine rings is 1. The summed E-state index contributed by atoms with van der Waals surface area (Å²) in [6.45, 7) is 7.31. The van der Waals surface area contributed by atoms with E-state index in [0.717, 1.165) is 38.2 Å². The molecule has 1 aromatic heterocycles. The van der Waals surface area contributed by atoms with E-state index in [0.29, 0.717) is 18.8 Å². The lowest BCUT2D eigenvalue weighted by molar-refractivity contribution is -0.0182. The van der Waals surface area contributed by atoms with Gasteiger partial charge in [-0.1, -0.05) is 0 Å². The molecule has 1 aliphatic heterocycles. The van der Waals surface area contributed by atoms with Crippen molar-refractivity contribution in [3.8, 4) is 0 Å². The molecule has 0 saturated carbocycles. The lowest BCUT2D eigenvalue weighted by atomic mass is 10.1. The van der Waals surface area contributed by atoms with Crippen LogP contribution in [0.25, 0.3) is 0 Å². The van der Waals surface area contributed by atoms with E-state index in [1.165, 1.54) is 0 Å². The number of aromatic amines is 1. The van der Waals surface area contributed by atoms with Crippen molar-refractivity contribution in [2.75, 3.05) is 32.9 Å². The van der Waals surface area contributed by atoms with E-state index in [1.807, 2.05) is 18.7 Å². The molecule has 0 bridgehead atoms. The molecule has 0 radical (unpaired) electrons. The van der Waals surface area contributed by atoms with Crippen molar-refractivity contribution in [2.24, 2.45) is 0 Å². The van der Waals surface area contributed by atoms with Crippen LogP contribution < -0.4 is 0 Å². The monoisotopic (exact) mass is 281 g/mol. The number of likely N-dealkylation sites (tertiary alicyclic amines) is 1. The van der Waals surface area contributed by atoms with Gasteiger partial charge in [-0.25, -0.2) is 0 Å². The second-order valence-corrected chi connectivity index (χ2v) is 4.97. The average molecular weight is 281 g/mol. The minimum Gasteiger partial charge on any atom is -0.379 e. The molecular formula is C14H23N3O3. The molecule has 1 N–H and O–H groups in total. The van der Waals surface area contributed by atoms with Gasteiger partial charge >= 0.3 is 0 Å². The highest BCUT2D eigenvalue weighted by molar-refractivity contribution is 5.95. The van der Waals surface area contributed by atoms with Gasteiger partial charge in [-0.3, -0.25) is 9.89 Å². The van der Waals surface area contributed by atoms with Crippen molar-refractivity contribution in [2.45, 2.75) is 32.8 Å². The lowest BCUT2D eigenvalue weighted by Gasteiger charge is -2.31. The van der Waals surface area contributed by atoms with Crippen molar-refractivity contribution >= 4 is 5.91 Å². The minimum atomic E-state index is 0.0593. The van der Waals surface area contributed by atoms with Gasteiger partial charge in [0.1, 0.15) is 0 Å². The Bertz CT molecular complexity index is 425. The maximum Gasteiger partial charge on any atom is 0.257 e. The molecule has 1 fully saturated rings. The minimum absolute atomic E-state index is 0.0593. The zero-order valence-corrected chi connectivity index (χ0v) is 12.2. The number of amides is 1. The van der Waals surface area contributed by atoms with Crippen LogP contribution in [-0.4, -0.2) is 60.0 Å². The van der Waals surface area contributed by atoms with E-state index in [-0.39, 0.29) is 12.0 Å². The maximum absolute atomic E-state index is 12.3. The number of H-pyrrole nitrogens is 1. The van der Waals surface area contributed by atoms with Crippen LogP contribution in [0, 0.1) is 6.92 Å². The number of hydrogen-bond acceptors (Lipinski definition) is 4. The first-order chi connectivity index (χ1) is 9.72. The third kappa shape index (κ3) is 3.80. The van der Waals surface area contributed by atoms with Gasteiger partial charge in [0, 0.05) is 25.4 Å². The molecule has 1 aromatic rings. The fourth-order valence-corrected chi connectivity index (χ4v) is 2.38. The van der Waals surface area contributed by atoms with Crippen LogP contribution in [-0.2, 0) is 9.47 Å². The third-order valence-corrected chi connectivity index (χ3v) is 3.57. The van der Waals surface area contributed by atoms with Gasteiger partial charge in [0.05, 0.1) is 31.1 Å². The summed E-state index contributed by atoms with van der Waals surface area (Å²) < 4.78 is 11.0. The normalized spacial score (nSPS) is 16.6. The van der Waals surface area contributed by atoms with Crippen LogP contribution in [0.3, 0.4) is 0 Å². The second-order valence-electron chi connectivity index (χ2n) is 4.97. The predicted octanol–water partition coefficient (Wildman–Crippen LogP) is 1.38. The van der Waals surface area contributed by atoms with Crippen LogP contribution in [0.5, 0.6) is 0 Å². The Morgan fingerprint density at radius 2 is 2.20 bits per heavy atom. The first-order valence-electron chi connectivity index (χ1n) is 7.21. The second kappa shape index (κ2) is 7.40. The van der Waals surface area contributed by atoms with Gasteiger partial charge in [-0.15, -0.1) is 0 Å². The molecule has 0 atom stereocenters. The SMILES string of the molecule is CCOCCOC1CCN(C(=O)c2cn[nH]c2C)CC1. The molecule has 112 valence electrons. The van der Waals surface area contributed by atoms with Crippen LogP contribution in [0.15, 0.2) is 6.20 Å². The Morgan fingerprint density at radius 1 is 1.45 bits per heavy atom. The highest BCUT2D eigenvalue weighted by atomic mass is 16.5. The first kappa shape index (κ1) is 15.0. The lowest BCUT2D eigenvalue weighted by Crippen LogP contribution is -2.41. The first-order valence-corrected chi connectivity index (χ1v) is 7.21. The summed E-state index contributed by atoms with van der Waals surface area (Å²) in [7, 11) is 0. The molecule has 0 aliphatic carbocycles. The Morgan fingerprint density at radius 3 is 2.80 bits per heavy atom. The Kier molecular flexibility index (Phi) is 5.55. The predicted molar refractivity (Wildman–Crippen MR) is 74.7 cm³/mol. The average Bonchev–Trinajstić information content (AvgIpc) is 2.90. The number of aromatic nitrogens is 2. The van der Waals surface area contributed by atoms with E-state index in [9.17, 15) is 4.79 Å². The number of hydrogen-bond donors (Lipinski definition) is 1. The van der Waals surface area contributed by atoms with E-state index < -0.39 is 0 Å². The van der Waals surface area contributed by atoms with Gasteiger partial charge in [0.25, 0.3) is 5.91 Å². The van der Waals surface area contributed by atoms with Crippen LogP contribution in [0.4, 0.5) is 0 Å². The largest absolute Gasteiger partial charge is 0.379 e. The van der Waals surface area contributed by atoms with Gasteiger partial charge in [-0.2, -0.15) is 5.10 Å². The van der Waals surface area contributed by atoms with E-state index in [1.54, 1.807) is 6.20 Å². The molecular weight excluding hydrogens is 258 g/mol. The van der Waals surface area contributed by atoms with Gasteiger partial charge in [-0.05, 0) is 26.7 Å². The summed E-state index contributed by atoms with van der Waals surface area (Å²) in [4.78, 5) is 14.2. The molecule has 6 nitrogen and oxygen atoms in total. The maximum atomic E-state index is 12.3. The van der Waals surface area contributed by atoms with Crippen molar-refractivity contribution in [3.63, 3.8) is 0 Å². The molecule has 1 amide bonds. The molecule has 2 rings (SSSR count). The summed E-state index contributed by atoms with van der Waals surface area (Å²) in [5, 5.41) is 6.70.